The molecule has 0 amide bonds. The van der Waals surface area contributed by atoms with Gasteiger partial charge >= 0.3 is 0 Å². The molecule has 4 heteroatoms. The molecule has 3 rings (SSSR count). The second-order valence-electron chi connectivity index (χ2n) is 3.45. The van der Waals surface area contributed by atoms with E-state index in [0.29, 0.717) is 16.9 Å². The average Bonchev–Trinajstić information content (AvgIpc) is 2.79. The summed E-state index contributed by atoms with van der Waals surface area (Å²) in [5.74, 6) is 0.544. The summed E-state index contributed by atoms with van der Waals surface area (Å²) in [6.07, 6.45) is 1.47. The van der Waals surface area contributed by atoms with Crippen LogP contribution in [0.2, 0.25) is 0 Å². The predicted octanol–water partition coefficient (Wildman–Crippen LogP) is 2.18. The fourth-order valence-corrected chi connectivity index (χ4v) is 1.61. The molecule has 0 atom stereocenters. The van der Waals surface area contributed by atoms with Crippen LogP contribution in [-0.4, -0.2) is 10.2 Å². The van der Waals surface area contributed by atoms with Crippen molar-refractivity contribution in [3.63, 3.8) is 0 Å². The molecule has 0 unspecified atom stereocenters. The molecule has 0 saturated heterocycles. The lowest BCUT2D eigenvalue weighted by atomic mass is 10.1. The second-order valence-corrected chi connectivity index (χ2v) is 3.45. The van der Waals surface area contributed by atoms with Gasteiger partial charge in [0.25, 0.3) is 0 Å². The Hall–Kier alpha value is -2.36. The predicted molar refractivity (Wildman–Crippen MR) is 60.1 cm³/mol. The number of benzene rings is 1. The molecule has 1 aromatic carbocycles. The van der Waals surface area contributed by atoms with Gasteiger partial charge in [0.15, 0.2) is 5.43 Å². The van der Waals surface area contributed by atoms with Crippen molar-refractivity contribution in [1.29, 1.82) is 0 Å². The average molecular weight is 212 g/mol. The third-order valence-electron chi connectivity index (χ3n) is 2.40. The number of fused-ring (bicyclic) bond motifs is 1. The molecule has 3 aromatic rings. The van der Waals surface area contributed by atoms with Gasteiger partial charge in [-0.15, -0.1) is 0 Å². The van der Waals surface area contributed by atoms with E-state index in [1.54, 1.807) is 0 Å². The SMILES string of the molecule is O=c1cc(-c2ccccc2)oc2[nH]ncc12. The molecule has 0 fully saturated rings. The summed E-state index contributed by atoms with van der Waals surface area (Å²) in [5, 5.41) is 6.90. The Balaban J connectivity index is 2.30. The normalized spacial score (nSPS) is 10.8. The standard InChI is InChI=1S/C12H8N2O2/c15-10-6-11(8-4-2-1-3-5-8)16-12-9(10)7-13-14-12/h1-7H,(H,13,14). The zero-order valence-corrected chi connectivity index (χ0v) is 8.31. The van der Waals surface area contributed by atoms with E-state index < -0.39 is 0 Å². The summed E-state index contributed by atoms with van der Waals surface area (Å²) in [4.78, 5) is 11.7. The Kier molecular flexibility index (Phi) is 1.86. The van der Waals surface area contributed by atoms with Crippen molar-refractivity contribution in [2.75, 3.05) is 0 Å². The molecule has 0 radical (unpaired) electrons. The highest BCUT2D eigenvalue weighted by Crippen LogP contribution is 2.20. The van der Waals surface area contributed by atoms with E-state index in [4.69, 9.17) is 4.42 Å². The number of H-pyrrole nitrogens is 1. The van der Waals surface area contributed by atoms with Crippen molar-refractivity contribution in [1.82, 2.24) is 10.2 Å². The van der Waals surface area contributed by atoms with Gasteiger partial charge in [0, 0.05) is 11.6 Å². The van der Waals surface area contributed by atoms with Gasteiger partial charge < -0.3 is 4.42 Å². The highest BCUT2D eigenvalue weighted by molar-refractivity contribution is 5.74. The van der Waals surface area contributed by atoms with Crippen LogP contribution in [0, 0.1) is 0 Å². The molecule has 4 nitrogen and oxygen atoms in total. The lowest BCUT2D eigenvalue weighted by molar-refractivity contribution is 0.603. The van der Waals surface area contributed by atoms with Crippen LogP contribution in [0.4, 0.5) is 0 Å². The Morgan fingerprint density at radius 2 is 2.00 bits per heavy atom. The molecule has 16 heavy (non-hydrogen) atoms. The molecule has 0 aliphatic heterocycles. The molecule has 0 saturated carbocycles. The fraction of sp³-hybridized carbons (Fsp3) is 0. The minimum Gasteiger partial charge on any atom is -0.438 e. The first-order valence-corrected chi connectivity index (χ1v) is 4.87. The lowest BCUT2D eigenvalue weighted by Crippen LogP contribution is -1.98. The van der Waals surface area contributed by atoms with Crippen LogP contribution in [0.3, 0.4) is 0 Å². The van der Waals surface area contributed by atoms with E-state index >= 15 is 0 Å². The van der Waals surface area contributed by atoms with Gasteiger partial charge in [0.1, 0.15) is 11.1 Å². The highest BCUT2D eigenvalue weighted by Gasteiger charge is 2.07. The van der Waals surface area contributed by atoms with E-state index in [1.165, 1.54) is 12.3 Å². The van der Waals surface area contributed by atoms with Crippen LogP contribution in [0.15, 0.2) is 51.8 Å². The Bertz CT molecular complexity index is 683. The molecular weight excluding hydrogens is 204 g/mol. The largest absolute Gasteiger partial charge is 0.438 e. The van der Waals surface area contributed by atoms with E-state index in [1.807, 2.05) is 30.3 Å². The van der Waals surface area contributed by atoms with Crippen molar-refractivity contribution in [2.45, 2.75) is 0 Å². The zero-order valence-electron chi connectivity index (χ0n) is 8.31. The Morgan fingerprint density at radius 1 is 1.19 bits per heavy atom. The van der Waals surface area contributed by atoms with Crippen LogP contribution in [0.5, 0.6) is 0 Å². The summed E-state index contributed by atoms with van der Waals surface area (Å²) in [5.41, 5.74) is 1.19. The number of rotatable bonds is 1. The first-order valence-electron chi connectivity index (χ1n) is 4.87. The van der Waals surface area contributed by atoms with Crippen molar-refractivity contribution in [3.05, 3.63) is 52.8 Å². The summed E-state index contributed by atoms with van der Waals surface area (Å²) < 4.78 is 5.55. The maximum absolute atomic E-state index is 11.7. The number of hydrogen-bond donors (Lipinski definition) is 1. The number of nitrogens with one attached hydrogen (secondary N) is 1. The fourth-order valence-electron chi connectivity index (χ4n) is 1.61. The molecule has 2 aromatic heterocycles. The molecule has 78 valence electrons. The van der Waals surface area contributed by atoms with Crippen LogP contribution < -0.4 is 5.43 Å². The molecule has 2 heterocycles. The summed E-state index contributed by atoms with van der Waals surface area (Å²) in [7, 11) is 0. The lowest BCUT2D eigenvalue weighted by Gasteiger charge is -1.99. The monoisotopic (exact) mass is 212 g/mol. The number of aromatic nitrogens is 2. The van der Waals surface area contributed by atoms with Crippen LogP contribution >= 0.6 is 0 Å². The molecule has 0 aliphatic carbocycles. The van der Waals surface area contributed by atoms with Gasteiger partial charge in [-0.05, 0) is 0 Å². The first kappa shape index (κ1) is 8.91. The smallest absolute Gasteiger partial charge is 0.226 e. The molecule has 0 spiro atoms. The Morgan fingerprint density at radius 3 is 2.81 bits per heavy atom. The summed E-state index contributed by atoms with van der Waals surface area (Å²) in [6, 6.07) is 11.0. The van der Waals surface area contributed by atoms with Gasteiger partial charge in [-0.1, -0.05) is 30.3 Å². The van der Waals surface area contributed by atoms with Crippen LogP contribution in [0.25, 0.3) is 22.4 Å². The maximum atomic E-state index is 11.7. The van der Waals surface area contributed by atoms with E-state index in [2.05, 4.69) is 10.2 Å². The van der Waals surface area contributed by atoms with Crippen molar-refractivity contribution >= 4 is 11.1 Å². The summed E-state index contributed by atoms with van der Waals surface area (Å²) in [6.45, 7) is 0. The van der Waals surface area contributed by atoms with Crippen LogP contribution in [0.1, 0.15) is 0 Å². The highest BCUT2D eigenvalue weighted by atomic mass is 16.3. The summed E-state index contributed by atoms with van der Waals surface area (Å²) >= 11 is 0. The van der Waals surface area contributed by atoms with Gasteiger partial charge in [-0.3, -0.25) is 4.79 Å². The zero-order chi connectivity index (χ0) is 11.0. The van der Waals surface area contributed by atoms with E-state index in [-0.39, 0.29) is 5.43 Å². The van der Waals surface area contributed by atoms with Gasteiger partial charge in [-0.25, -0.2) is 5.10 Å². The van der Waals surface area contributed by atoms with Gasteiger partial charge in [-0.2, -0.15) is 5.10 Å². The van der Waals surface area contributed by atoms with Crippen LogP contribution in [-0.2, 0) is 0 Å². The maximum Gasteiger partial charge on any atom is 0.226 e. The number of nitrogens with zero attached hydrogens (tertiary/aromatic N) is 1. The topological polar surface area (TPSA) is 58.9 Å². The molecular formula is C12H8N2O2. The van der Waals surface area contributed by atoms with Crippen molar-refractivity contribution in [2.24, 2.45) is 0 Å². The third kappa shape index (κ3) is 1.32. The van der Waals surface area contributed by atoms with Crippen molar-refractivity contribution in [3.8, 4) is 11.3 Å². The van der Waals surface area contributed by atoms with E-state index in [0.717, 1.165) is 5.56 Å². The number of hydrogen-bond acceptors (Lipinski definition) is 3. The molecule has 1 N–H and O–H groups in total. The second kappa shape index (κ2) is 3.34. The quantitative estimate of drug-likeness (QED) is 0.672. The van der Waals surface area contributed by atoms with Gasteiger partial charge in [0.2, 0.25) is 5.71 Å². The number of aromatic amines is 1. The Labute approximate surface area is 90.5 Å². The minimum absolute atomic E-state index is 0.0890. The first-order chi connectivity index (χ1) is 7.84. The van der Waals surface area contributed by atoms with E-state index in [9.17, 15) is 4.79 Å². The minimum atomic E-state index is -0.0890. The third-order valence-corrected chi connectivity index (χ3v) is 2.40. The molecule has 0 aliphatic rings. The molecule has 0 bridgehead atoms. The van der Waals surface area contributed by atoms with Gasteiger partial charge in [0.05, 0.1) is 6.20 Å². The van der Waals surface area contributed by atoms with Crippen molar-refractivity contribution < 1.29 is 4.42 Å².